The summed E-state index contributed by atoms with van der Waals surface area (Å²) in [5.74, 6) is 1.59. The molecule has 0 aromatic rings. The molecule has 0 spiro atoms. The Morgan fingerprint density at radius 3 is 2.74 bits per heavy atom. The van der Waals surface area contributed by atoms with E-state index in [1.54, 1.807) is 0 Å². The van der Waals surface area contributed by atoms with Gasteiger partial charge in [0.1, 0.15) is 6.04 Å². The minimum absolute atomic E-state index is 0.0176. The van der Waals surface area contributed by atoms with E-state index in [9.17, 15) is 9.59 Å². The molecular weight excluding hydrogens is 553 g/mol. The van der Waals surface area contributed by atoms with E-state index < -0.39 is 0 Å². The highest BCUT2D eigenvalue weighted by atomic mass is 32.2. The van der Waals surface area contributed by atoms with Crippen molar-refractivity contribution in [2.75, 3.05) is 38.6 Å². The molecule has 12 heteroatoms. The molecule has 218 valence electrons. The first kappa shape index (κ1) is 28.6. The van der Waals surface area contributed by atoms with Gasteiger partial charge in [-0.1, -0.05) is 6.42 Å². The lowest BCUT2D eigenvalue weighted by Gasteiger charge is -2.40. The van der Waals surface area contributed by atoms with Crippen LogP contribution in [-0.4, -0.2) is 107 Å². The van der Waals surface area contributed by atoms with Crippen LogP contribution in [0.4, 0.5) is 0 Å². The normalized spacial score (nSPS) is 43.3. The molecule has 5 aliphatic heterocycles. The molecule has 5 fully saturated rings. The molecule has 39 heavy (non-hydrogen) atoms. The van der Waals surface area contributed by atoms with Crippen LogP contribution in [0.3, 0.4) is 0 Å². The van der Waals surface area contributed by atoms with Gasteiger partial charge in [0.15, 0.2) is 5.78 Å². The summed E-state index contributed by atoms with van der Waals surface area (Å²) in [6.07, 6.45) is 9.96. The predicted octanol–water partition coefficient (Wildman–Crippen LogP) is 0.115. The van der Waals surface area contributed by atoms with Crippen LogP contribution in [0.2, 0.25) is 0 Å². The molecule has 6 aliphatic rings. The fraction of sp³-hybridized carbons (Fsp3) is 0.852. The van der Waals surface area contributed by atoms with Crippen molar-refractivity contribution in [3.63, 3.8) is 0 Å². The number of nitrogens with zero attached hydrogens (tertiary/aromatic N) is 1. The van der Waals surface area contributed by atoms with Gasteiger partial charge in [0.2, 0.25) is 5.91 Å². The van der Waals surface area contributed by atoms with E-state index in [2.05, 4.69) is 26.6 Å². The smallest absolute Gasteiger partial charge is 0.236 e. The first-order valence-electron chi connectivity index (χ1n) is 14.9. The second-order valence-corrected chi connectivity index (χ2v) is 15.9. The molecule has 0 radical (unpaired) electrons. The maximum atomic E-state index is 13.1. The monoisotopic (exact) mass is 597 g/mol. The lowest BCUT2D eigenvalue weighted by Crippen LogP contribution is -2.72. The maximum Gasteiger partial charge on any atom is 0.236 e. The van der Waals surface area contributed by atoms with Gasteiger partial charge in [-0.25, -0.2) is 0 Å². The zero-order chi connectivity index (χ0) is 26.9. The van der Waals surface area contributed by atoms with Crippen LogP contribution in [0.15, 0.2) is 11.1 Å². The number of fused-ring (bicyclic) bond motifs is 1. The first-order chi connectivity index (χ1) is 19.0. The third kappa shape index (κ3) is 6.48. The molecule has 1 saturated carbocycles. The number of rotatable bonds is 7. The van der Waals surface area contributed by atoms with Crippen LogP contribution in [0.5, 0.6) is 0 Å². The molecule has 10 atom stereocenters. The molecule has 0 aromatic carbocycles. The number of morpholine rings is 1. The predicted molar refractivity (Wildman–Crippen MR) is 159 cm³/mol. The Morgan fingerprint density at radius 2 is 1.95 bits per heavy atom. The van der Waals surface area contributed by atoms with Gasteiger partial charge in [-0.3, -0.25) is 9.59 Å². The van der Waals surface area contributed by atoms with E-state index in [1.165, 1.54) is 25.7 Å². The summed E-state index contributed by atoms with van der Waals surface area (Å²) >= 11 is 5.83. The van der Waals surface area contributed by atoms with Crippen LogP contribution in [-0.2, 0) is 14.3 Å². The Bertz CT molecular complexity index is 936. The second kappa shape index (κ2) is 12.8. The van der Waals surface area contributed by atoms with Gasteiger partial charge < -0.3 is 37.1 Å². The Hall–Kier alpha value is -0.470. The van der Waals surface area contributed by atoms with Crippen molar-refractivity contribution in [2.45, 2.75) is 96.3 Å². The maximum absolute atomic E-state index is 13.1. The summed E-state index contributed by atoms with van der Waals surface area (Å²) in [5.41, 5.74) is 10.2. The lowest BCUT2D eigenvalue weighted by atomic mass is 9.88. The zero-order valence-corrected chi connectivity index (χ0v) is 25.2. The topological polar surface area (TPSA) is 136 Å². The SMILES string of the molecule is NC(=O)C1NCC(N[C@H]2CCCC[C@H]2[NH3+])CC1NC1CCC(C2CSC3C(=O)C=C(N4CCOCC4)SC32)S1. The number of ketones is 1. The average Bonchev–Trinajstić information content (AvgIpc) is 3.58. The summed E-state index contributed by atoms with van der Waals surface area (Å²) in [6, 6.07) is 0.908. The summed E-state index contributed by atoms with van der Waals surface area (Å²) in [7, 11) is 0. The van der Waals surface area contributed by atoms with Gasteiger partial charge in [-0.15, -0.1) is 35.3 Å². The molecule has 0 bridgehead atoms. The fourth-order valence-electron chi connectivity index (χ4n) is 7.26. The van der Waals surface area contributed by atoms with E-state index in [0.717, 1.165) is 62.9 Å². The number of hydrogen-bond donors (Lipinski definition) is 5. The van der Waals surface area contributed by atoms with Crippen LogP contribution in [0.1, 0.15) is 44.9 Å². The zero-order valence-electron chi connectivity index (χ0n) is 22.7. The van der Waals surface area contributed by atoms with Crippen LogP contribution >= 0.6 is 35.3 Å². The van der Waals surface area contributed by atoms with Crippen molar-refractivity contribution in [1.29, 1.82) is 0 Å². The van der Waals surface area contributed by atoms with Crippen molar-refractivity contribution >= 4 is 47.0 Å². The number of ether oxygens (including phenoxy) is 1. The largest absolute Gasteiger partial charge is 0.378 e. The number of carbonyl (C=O) groups is 2. The Morgan fingerprint density at radius 1 is 1.13 bits per heavy atom. The molecule has 9 nitrogen and oxygen atoms in total. The lowest BCUT2D eigenvalue weighted by molar-refractivity contribution is -0.431. The highest BCUT2D eigenvalue weighted by Gasteiger charge is 2.49. The number of carbonyl (C=O) groups excluding carboxylic acids is 2. The van der Waals surface area contributed by atoms with Gasteiger partial charge in [0.25, 0.3) is 0 Å². The van der Waals surface area contributed by atoms with Gasteiger partial charge in [-0.2, -0.15) is 0 Å². The van der Waals surface area contributed by atoms with Crippen LogP contribution in [0, 0.1) is 5.92 Å². The fourth-order valence-corrected chi connectivity index (χ4v) is 12.7. The number of quaternary nitrogens is 1. The standard InChI is InChI=1S/C27H44N6O3S3/c28-17-3-1-2-4-18(17)31-15-11-19(24(27(29)35)30-13-15)32-22-6-5-21(38-22)16-14-37-26-20(34)12-23(39-25(16)26)33-7-9-36-10-8-33/h12,15-19,21-22,24-26,30-32H,1-11,13-14,28H2,(H2,29,35)/p+1/t15?,16?,17-,18+,19?,21?,22?,24?,25?,26?/m1/s1. The molecule has 8 N–H and O–H groups in total. The quantitative estimate of drug-likeness (QED) is 0.275. The number of thioether (sulfide) groups is 3. The van der Waals surface area contributed by atoms with Gasteiger partial charge in [0, 0.05) is 54.7 Å². The Balaban J connectivity index is 1.06. The average molecular weight is 598 g/mol. The minimum atomic E-state index is -0.344. The number of nitrogens with two attached hydrogens (primary N) is 1. The van der Waals surface area contributed by atoms with Crippen molar-refractivity contribution in [2.24, 2.45) is 11.7 Å². The van der Waals surface area contributed by atoms with Gasteiger partial charge >= 0.3 is 0 Å². The third-order valence-electron chi connectivity index (χ3n) is 9.43. The second-order valence-electron chi connectivity index (χ2n) is 12.0. The van der Waals surface area contributed by atoms with E-state index in [0.29, 0.717) is 45.7 Å². The van der Waals surface area contributed by atoms with Gasteiger partial charge in [-0.05, 0) is 43.8 Å². The van der Waals surface area contributed by atoms with Crippen LogP contribution < -0.4 is 27.4 Å². The number of primary amides is 1. The highest BCUT2D eigenvalue weighted by molar-refractivity contribution is 8.07. The number of nitrogens with one attached hydrogen (secondary N) is 3. The number of allylic oxidation sites excluding steroid dienone is 1. The van der Waals surface area contributed by atoms with E-state index in [1.807, 2.05) is 41.4 Å². The number of hydrogen-bond acceptors (Lipinski definition) is 10. The highest BCUT2D eigenvalue weighted by Crippen LogP contribution is 2.52. The molecule has 1 amide bonds. The molecule has 6 rings (SSSR count). The van der Waals surface area contributed by atoms with Crippen molar-refractivity contribution in [1.82, 2.24) is 20.9 Å². The molecule has 1 aliphatic carbocycles. The van der Waals surface area contributed by atoms with E-state index in [4.69, 9.17) is 10.5 Å². The molecule has 5 heterocycles. The Labute approximate surface area is 244 Å². The first-order valence-corrected chi connectivity index (χ1v) is 17.7. The molecule has 4 saturated heterocycles. The summed E-state index contributed by atoms with van der Waals surface area (Å²) in [6.45, 7) is 3.98. The number of piperidine rings is 1. The van der Waals surface area contributed by atoms with Crippen molar-refractivity contribution < 1.29 is 20.1 Å². The van der Waals surface area contributed by atoms with Crippen LogP contribution in [0.25, 0.3) is 0 Å². The van der Waals surface area contributed by atoms with Gasteiger partial charge in [0.05, 0.1) is 41.0 Å². The molecular formula is C27H45N6O3S3+. The van der Waals surface area contributed by atoms with E-state index in [-0.39, 0.29) is 23.2 Å². The molecule has 0 aromatic heterocycles. The Kier molecular flexibility index (Phi) is 9.41. The minimum Gasteiger partial charge on any atom is -0.378 e. The van der Waals surface area contributed by atoms with E-state index >= 15 is 0 Å². The number of amides is 1. The molecule has 8 unspecified atom stereocenters. The van der Waals surface area contributed by atoms with Crippen molar-refractivity contribution in [3.8, 4) is 0 Å². The summed E-state index contributed by atoms with van der Waals surface area (Å²) < 4.78 is 5.53. The third-order valence-corrected chi connectivity index (χ3v) is 14.2. The summed E-state index contributed by atoms with van der Waals surface area (Å²) in [4.78, 5) is 27.7. The summed E-state index contributed by atoms with van der Waals surface area (Å²) in [5, 5.41) is 13.6. The van der Waals surface area contributed by atoms with Crippen molar-refractivity contribution in [3.05, 3.63) is 11.1 Å².